The number of likely N-dealkylation sites (tertiary alicyclic amines) is 2. The van der Waals surface area contributed by atoms with Gasteiger partial charge in [-0.05, 0) is 74.3 Å². The Bertz CT molecular complexity index is 1190. The second-order valence-corrected chi connectivity index (χ2v) is 11.9. The lowest BCUT2D eigenvalue weighted by atomic mass is 9.74. The Morgan fingerprint density at radius 1 is 1.11 bits per heavy atom. The van der Waals surface area contributed by atoms with Gasteiger partial charge in [0, 0.05) is 40.3 Å². The number of halogens is 1. The average Bonchev–Trinajstić information content (AvgIpc) is 3.47. The topological polar surface area (TPSA) is 53.0 Å². The lowest BCUT2D eigenvalue weighted by molar-refractivity contribution is 0.0183. The summed E-state index contributed by atoms with van der Waals surface area (Å²) in [6, 6.07) is 16.2. The Hall–Kier alpha value is -2.12. The number of carbonyl (C=O) groups excluding carboxylic acids is 1. The molecule has 1 amide bonds. The first kappa shape index (κ1) is 23.3. The van der Waals surface area contributed by atoms with Crippen LogP contribution in [0.25, 0.3) is 10.1 Å². The van der Waals surface area contributed by atoms with E-state index in [1.807, 2.05) is 35.2 Å². The number of benzene rings is 2. The van der Waals surface area contributed by atoms with Gasteiger partial charge in [0.25, 0.3) is 5.91 Å². The molecule has 3 aliphatic rings. The third-order valence-corrected chi connectivity index (χ3v) is 9.62. The van der Waals surface area contributed by atoms with E-state index >= 15 is 0 Å². The van der Waals surface area contributed by atoms with Crippen molar-refractivity contribution in [2.24, 2.45) is 5.92 Å². The van der Waals surface area contributed by atoms with Gasteiger partial charge in [-0.25, -0.2) is 0 Å². The minimum atomic E-state index is -0.350. The van der Waals surface area contributed by atoms with Gasteiger partial charge in [-0.15, -0.1) is 11.3 Å². The first-order chi connectivity index (χ1) is 17.0. The van der Waals surface area contributed by atoms with Crippen LogP contribution in [0.1, 0.15) is 40.9 Å². The van der Waals surface area contributed by atoms with Gasteiger partial charge < -0.3 is 19.6 Å². The van der Waals surface area contributed by atoms with E-state index in [2.05, 4.69) is 23.1 Å². The highest BCUT2D eigenvalue weighted by molar-refractivity contribution is 7.20. The SMILES string of the molecule is O=C(c1cc2ccccc2s1)N1CCC([C@H](O)CN2CCC3(CC2)COc2cc(Cl)ccc23)CC1. The van der Waals surface area contributed by atoms with Gasteiger partial charge >= 0.3 is 0 Å². The number of carbonyl (C=O) groups is 1. The van der Waals surface area contributed by atoms with Crippen molar-refractivity contribution in [3.63, 3.8) is 0 Å². The third-order valence-electron chi connectivity index (χ3n) is 8.28. The number of thiophene rings is 1. The molecule has 0 bridgehead atoms. The van der Waals surface area contributed by atoms with Gasteiger partial charge in [-0.2, -0.15) is 0 Å². The van der Waals surface area contributed by atoms with Crippen LogP contribution >= 0.6 is 22.9 Å². The monoisotopic (exact) mass is 510 g/mol. The fraction of sp³-hybridized carbons (Fsp3) is 0.464. The fourth-order valence-electron chi connectivity index (χ4n) is 6.07. The smallest absolute Gasteiger partial charge is 0.263 e. The Morgan fingerprint density at radius 3 is 2.66 bits per heavy atom. The van der Waals surface area contributed by atoms with Gasteiger partial charge in [0.05, 0.1) is 17.6 Å². The molecule has 2 aromatic carbocycles. The molecule has 184 valence electrons. The van der Waals surface area contributed by atoms with Crippen LogP contribution in [0, 0.1) is 5.92 Å². The highest BCUT2D eigenvalue weighted by Gasteiger charge is 2.43. The molecule has 1 aromatic heterocycles. The first-order valence-electron chi connectivity index (χ1n) is 12.6. The highest BCUT2D eigenvalue weighted by Crippen LogP contribution is 2.46. The molecule has 6 rings (SSSR count). The summed E-state index contributed by atoms with van der Waals surface area (Å²) in [6.45, 7) is 4.80. The van der Waals surface area contributed by atoms with Crippen molar-refractivity contribution in [1.82, 2.24) is 9.80 Å². The Kier molecular flexibility index (Phi) is 6.25. The van der Waals surface area contributed by atoms with Crippen LogP contribution in [-0.2, 0) is 5.41 Å². The molecule has 0 saturated carbocycles. The molecule has 1 N–H and O–H groups in total. The molecule has 1 atom stereocenters. The number of piperidine rings is 2. The number of aliphatic hydroxyl groups excluding tert-OH is 1. The molecule has 35 heavy (non-hydrogen) atoms. The minimum absolute atomic E-state index is 0.0830. The molecule has 0 unspecified atom stereocenters. The van der Waals surface area contributed by atoms with Gasteiger partial charge in [0.15, 0.2) is 0 Å². The van der Waals surface area contributed by atoms with Crippen molar-refractivity contribution in [3.05, 3.63) is 64.0 Å². The molecule has 3 aromatic rings. The molecule has 0 aliphatic carbocycles. The molecule has 4 heterocycles. The highest BCUT2D eigenvalue weighted by atomic mass is 35.5. The van der Waals surface area contributed by atoms with E-state index in [1.165, 1.54) is 5.56 Å². The fourth-order valence-corrected chi connectivity index (χ4v) is 7.26. The van der Waals surface area contributed by atoms with Crippen LogP contribution in [-0.4, -0.2) is 66.2 Å². The van der Waals surface area contributed by atoms with Gasteiger partial charge in [0.2, 0.25) is 0 Å². The number of hydrogen-bond donors (Lipinski definition) is 1. The minimum Gasteiger partial charge on any atom is -0.492 e. The molecule has 2 fully saturated rings. The molecule has 7 heteroatoms. The van der Waals surface area contributed by atoms with E-state index in [-0.39, 0.29) is 23.3 Å². The molecule has 2 saturated heterocycles. The standard InChI is InChI=1S/C28H31ClN2O3S/c29-21-5-6-22-24(16-21)34-18-28(22)9-13-30(14-10-28)17-23(32)19-7-11-31(12-8-19)27(33)26-15-20-3-1-2-4-25(20)35-26/h1-6,15-16,19,23,32H,7-14,17-18H2/t23-/m1/s1. The maximum absolute atomic E-state index is 13.0. The predicted octanol–water partition coefficient (Wildman–Crippen LogP) is 5.19. The Morgan fingerprint density at radius 2 is 1.89 bits per heavy atom. The lowest BCUT2D eigenvalue weighted by Crippen LogP contribution is -2.48. The van der Waals surface area contributed by atoms with Crippen molar-refractivity contribution >= 4 is 38.9 Å². The summed E-state index contributed by atoms with van der Waals surface area (Å²) in [5, 5.41) is 12.9. The van der Waals surface area contributed by atoms with Crippen LogP contribution in [0.2, 0.25) is 5.02 Å². The molecule has 1 spiro atoms. The Labute approximate surface area is 215 Å². The summed E-state index contributed by atoms with van der Waals surface area (Å²) >= 11 is 7.71. The van der Waals surface area contributed by atoms with E-state index in [0.29, 0.717) is 19.6 Å². The summed E-state index contributed by atoms with van der Waals surface area (Å²) in [4.78, 5) is 18.2. The average molecular weight is 511 g/mol. The van der Waals surface area contributed by atoms with E-state index in [0.717, 1.165) is 71.1 Å². The molecular formula is C28H31ClN2O3S. The van der Waals surface area contributed by atoms with Crippen molar-refractivity contribution in [2.75, 3.05) is 39.3 Å². The lowest BCUT2D eigenvalue weighted by Gasteiger charge is -2.41. The second-order valence-electron chi connectivity index (χ2n) is 10.4. The summed E-state index contributed by atoms with van der Waals surface area (Å²) in [5.41, 5.74) is 1.37. The first-order valence-corrected chi connectivity index (χ1v) is 13.8. The van der Waals surface area contributed by atoms with Crippen molar-refractivity contribution in [2.45, 2.75) is 37.2 Å². The molecular weight excluding hydrogens is 480 g/mol. The molecule has 0 radical (unpaired) electrons. The zero-order valence-corrected chi connectivity index (χ0v) is 21.4. The van der Waals surface area contributed by atoms with Crippen LogP contribution in [0.4, 0.5) is 0 Å². The van der Waals surface area contributed by atoms with Gasteiger partial charge in [0.1, 0.15) is 5.75 Å². The summed E-state index contributed by atoms with van der Waals surface area (Å²) in [6.07, 6.45) is 3.44. The van der Waals surface area contributed by atoms with E-state index < -0.39 is 0 Å². The van der Waals surface area contributed by atoms with E-state index in [9.17, 15) is 9.90 Å². The van der Waals surface area contributed by atoms with Crippen molar-refractivity contribution in [1.29, 1.82) is 0 Å². The van der Waals surface area contributed by atoms with Crippen LogP contribution in [0.5, 0.6) is 5.75 Å². The number of aliphatic hydroxyl groups is 1. The Balaban J connectivity index is 1.00. The van der Waals surface area contributed by atoms with Crippen molar-refractivity contribution in [3.8, 4) is 5.75 Å². The third kappa shape index (κ3) is 4.46. The zero-order chi connectivity index (χ0) is 24.0. The number of fused-ring (bicyclic) bond motifs is 3. The second kappa shape index (κ2) is 9.40. The van der Waals surface area contributed by atoms with Gasteiger partial charge in [-0.3, -0.25) is 4.79 Å². The maximum Gasteiger partial charge on any atom is 0.263 e. The summed E-state index contributed by atoms with van der Waals surface area (Å²) in [5.74, 6) is 1.30. The summed E-state index contributed by atoms with van der Waals surface area (Å²) < 4.78 is 7.13. The quantitative estimate of drug-likeness (QED) is 0.524. The van der Waals surface area contributed by atoms with Crippen LogP contribution in [0.15, 0.2) is 48.5 Å². The number of hydrogen-bond acceptors (Lipinski definition) is 5. The zero-order valence-electron chi connectivity index (χ0n) is 19.8. The summed E-state index contributed by atoms with van der Waals surface area (Å²) in [7, 11) is 0. The predicted molar refractivity (Wildman–Crippen MR) is 141 cm³/mol. The largest absolute Gasteiger partial charge is 0.492 e. The van der Waals surface area contributed by atoms with Gasteiger partial charge in [-0.1, -0.05) is 35.9 Å². The number of nitrogens with zero attached hydrogens (tertiary/aromatic N) is 2. The number of ether oxygens (including phenoxy) is 1. The van der Waals surface area contributed by atoms with Crippen molar-refractivity contribution < 1.29 is 14.6 Å². The number of β-amino-alcohol motifs (C(OH)–C–C–N with tert-alkyl or cyclic N) is 1. The van der Waals surface area contributed by atoms with Crippen LogP contribution in [0.3, 0.4) is 0 Å². The van der Waals surface area contributed by atoms with Crippen LogP contribution < -0.4 is 4.74 Å². The molecule has 5 nitrogen and oxygen atoms in total. The maximum atomic E-state index is 13.0. The van der Waals surface area contributed by atoms with E-state index in [1.54, 1.807) is 11.3 Å². The number of rotatable bonds is 4. The van der Waals surface area contributed by atoms with E-state index in [4.69, 9.17) is 16.3 Å². The number of amides is 1. The molecule has 3 aliphatic heterocycles. The normalized spacial score (nSPS) is 21.3.